The Labute approximate surface area is 200 Å². The molecule has 8 N–H and O–H groups in total. The van der Waals surface area contributed by atoms with Crippen molar-refractivity contribution in [2.45, 2.75) is 29.7 Å². The Balaban J connectivity index is 0.00000256. The number of nitrogens with zero attached hydrogens (tertiary/aromatic N) is 1. The van der Waals surface area contributed by atoms with Crippen molar-refractivity contribution in [1.82, 2.24) is 9.62 Å². The van der Waals surface area contributed by atoms with Crippen molar-refractivity contribution >= 4 is 57.5 Å². The summed E-state index contributed by atoms with van der Waals surface area (Å²) >= 11 is 0. The smallest absolute Gasteiger partial charge is 0.240 e. The van der Waals surface area contributed by atoms with Gasteiger partial charge in [-0.1, -0.05) is 30.3 Å². The molecular weight excluding hydrogens is 475 g/mol. The van der Waals surface area contributed by atoms with Crippen LogP contribution < -0.4 is 21.9 Å². The number of hydrogen-bond acceptors (Lipinski definition) is 5. The fourth-order valence-corrected chi connectivity index (χ4v) is 5.01. The Kier molecular flexibility index (Phi) is 9.73. The van der Waals surface area contributed by atoms with Crippen LogP contribution in [0.5, 0.6) is 0 Å². The fraction of sp³-hybridized carbons (Fsp3) is 0.400. The van der Waals surface area contributed by atoms with Crippen LogP contribution in [0.4, 0.5) is 0 Å². The van der Waals surface area contributed by atoms with Crippen molar-refractivity contribution in [3.63, 3.8) is 0 Å². The number of fused-ring (bicyclic) bond motifs is 1. The van der Waals surface area contributed by atoms with Gasteiger partial charge in [0.2, 0.25) is 15.9 Å². The van der Waals surface area contributed by atoms with Gasteiger partial charge in [0, 0.05) is 19.6 Å². The van der Waals surface area contributed by atoms with Gasteiger partial charge in [-0.25, -0.2) is 13.1 Å². The summed E-state index contributed by atoms with van der Waals surface area (Å²) in [4.78, 5) is 13.9. The lowest BCUT2D eigenvalue weighted by atomic mass is 9.83. The van der Waals surface area contributed by atoms with E-state index in [-0.39, 0.29) is 54.6 Å². The summed E-state index contributed by atoms with van der Waals surface area (Å²) < 4.78 is 28.1. The van der Waals surface area contributed by atoms with Crippen LogP contribution in [-0.2, 0) is 14.8 Å². The highest BCUT2D eigenvalue weighted by Crippen LogP contribution is 2.25. The number of halogens is 2. The maximum atomic E-state index is 12.8. The number of amides is 1. The Morgan fingerprint density at radius 3 is 2.44 bits per heavy atom. The summed E-state index contributed by atoms with van der Waals surface area (Å²) in [6, 6.07) is 12.2. The van der Waals surface area contributed by atoms with Crippen molar-refractivity contribution < 1.29 is 13.2 Å². The number of likely N-dealkylation sites (tertiary alicyclic amines) is 1. The molecule has 0 aromatic heterocycles. The number of carbonyl (C=O) groups is 1. The van der Waals surface area contributed by atoms with E-state index in [1.165, 1.54) is 6.07 Å². The highest BCUT2D eigenvalue weighted by atomic mass is 35.5. The maximum absolute atomic E-state index is 12.8. The third kappa shape index (κ3) is 6.46. The predicted molar refractivity (Wildman–Crippen MR) is 131 cm³/mol. The van der Waals surface area contributed by atoms with Crippen molar-refractivity contribution in [3.05, 3.63) is 42.5 Å². The molecule has 1 unspecified atom stereocenters. The molecule has 178 valence electrons. The average Bonchev–Trinajstić information content (AvgIpc) is 2.72. The van der Waals surface area contributed by atoms with E-state index in [4.69, 9.17) is 22.6 Å². The maximum Gasteiger partial charge on any atom is 0.240 e. The van der Waals surface area contributed by atoms with Crippen LogP contribution in [0.2, 0.25) is 0 Å². The van der Waals surface area contributed by atoms with Crippen molar-refractivity contribution in [1.29, 1.82) is 5.41 Å². The molecule has 9 nitrogen and oxygen atoms in total. The predicted octanol–water partition coefficient (Wildman–Crippen LogP) is 1.14. The summed E-state index contributed by atoms with van der Waals surface area (Å²) in [7, 11) is -3.89. The van der Waals surface area contributed by atoms with Gasteiger partial charge in [-0.2, -0.15) is 0 Å². The van der Waals surface area contributed by atoms with Gasteiger partial charge >= 0.3 is 0 Å². The van der Waals surface area contributed by atoms with Gasteiger partial charge in [-0.3, -0.25) is 10.2 Å². The highest BCUT2D eigenvalue weighted by Gasteiger charge is 2.37. The molecule has 0 saturated carbocycles. The Morgan fingerprint density at radius 2 is 1.81 bits per heavy atom. The molecule has 3 rings (SSSR count). The highest BCUT2D eigenvalue weighted by molar-refractivity contribution is 7.89. The Morgan fingerprint density at radius 1 is 1.16 bits per heavy atom. The van der Waals surface area contributed by atoms with Gasteiger partial charge in [-0.15, -0.1) is 24.8 Å². The van der Waals surface area contributed by atoms with E-state index in [2.05, 4.69) is 4.72 Å². The molecule has 2 aromatic carbocycles. The first-order valence-electron chi connectivity index (χ1n) is 9.77. The molecule has 12 heteroatoms. The number of rotatable bonds is 7. The molecule has 0 bridgehead atoms. The minimum Gasteiger partial charge on any atom is -0.370 e. The first kappa shape index (κ1) is 27.9. The standard InChI is InChI=1S/C20H28N6O3S.2ClH/c21-18(27)20(24,11-14-4-3-9-26(12-14)19(22)23)13-25-30(28,29)17-8-7-15-5-1-2-6-16(15)10-17;;/h1-2,5-8,10,14,25H,3-4,9,11-13,24H2,(H2,21,27)(H3,22,23);2*1H/t14?,20-;;/m0../s1. The molecule has 0 spiro atoms. The number of nitrogens with one attached hydrogen (secondary N) is 2. The van der Waals surface area contributed by atoms with Crippen molar-refractivity contribution in [2.24, 2.45) is 23.1 Å². The van der Waals surface area contributed by atoms with Crippen LogP contribution in [-0.4, -0.2) is 50.4 Å². The quantitative estimate of drug-likeness (QED) is 0.279. The monoisotopic (exact) mass is 504 g/mol. The second-order valence-electron chi connectivity index (χ2n) is 7.90. The molecule has 32 heavy (non-hydrogen) atoms. The van der Waals surface area contributed by atoms with Crippen molar-refractivity contribution in [2.75, 3.05) is 19.6 Å². The van der Waals surface area contributed by atoms with E-state index in [0.717, 1.165) is 23.6 Å². The largest absolute Gasteiger partial charge is 0.370 e. The van der Waals surface area contributed by atoms with E-state index < -0.39 is 21.5 Å². The second-order valence-corrected chi connectivity index (χ2v) is 9.66. The molecule has 0 aliphatic carbocycles. The minimum absolute atomic E-state index is 0. The van der Waals surface area contributed by atoms with Crippen LogP contribution in [0.25, 0.3) is 10.8 Å². The molecule has 0 radical (unpaired) electrons. The topological polar surface area (TPSA) is 168 Å². The molecule has 1 aliphatic rings. The number of benzene rings is 2. The first-order chi connectivity index (χ1) is 14.1. The molecule has 2 aromatic rings. The summed E-state index contributed by atoms with van der Waals surface area (Å²) in [5, 5.41) is 9.32. The third-order valence-corrected chi connectivity index (χ3v) is 7.01. The summed E-state index contributed by atoms with van der Waals surface area (Å²) in [6.45, 7) is 0.849. The van der Waals surface area contributed by atoms with Gasteiger partial charge < -0.3 is 22.1 Å². The van der Waals surface area contributed by atoms with E-state index in [9.17, 15) is 13.2 Å². The van der Waals surface area contributed by atoms with Gasteiger partial charge in [0.1, 0.15) is 5.54 Å². The minimum atomic E-state index is -3.89. The number of piperidine rings is 1. The lowest BCUT2D eigenvalue weighted by molar-refractivity contribution is -0.123. The molecule has 2 atom stereocenters. The Bertz CT molecular complexity index is 1070. The number of hydrogen-bond donors (Lipinski definition) is 5. The molecule has 1 heterocycles. The number of primary amides is 1. The van der Waals surface area contributed by atoms with Crippen LogP contribution >= 0.6 is 24.8 Å². The number of sulfonamides is 1. The first-order valence-corrected chi connectivity index (χ1v) is 11.3. The molecular formula is C20H30Cl2N6O3S. The van der Waals surface area contributed by atoms with E-state index in [1.54, 1.807) is 17.0 Å². The SMILES string of the molecule is Cl.Cl.N=C(N)N1CCCC(C[C@](N)(CNS(=O)(=O)c2ccc3ccccc3c2)C(N)=O)C1. The van der Waals surface area contributed by atoms with Gasteiger partial charge in [0.15, 0.2) is 5.96 Å². The molecule has 1 amide bonds. The van der Waals surface area contributed by atoms with E-state index >= 15 is 0 Å². The zero-order chi connectivity index (χ0) is 21.9. The van der Waals surface area contributed by atoms with Gasteiger partial charge in [0.25, 0.3) is 0 Å². The average molecular weight is 505 g/mol. The van der Waals surface area contributed by atoms with Crippen molar-refractivity contribution in [3.8, 4) is 0 Å². The lowest BCUT2D eigenvalue weighted by Gasteiger charge is -2.37. The Hall–Kier alpha value is -2.11. The summed E-state index contributed by atoms with van der Waals surface area (Å²) in [5.41, 5.74) is 15.8. The van der Waals surface area contributed by atoms with E-state index in [1.807, 2.05) is 24.3 Å². The van der Waals surface area contributed by atoms with Gasteiger partial charge in [-0.05, 0) is 48.1 Å². The molecule has 1 fully saturated rings. The number of nitrogens with two attached hydrogens (primary N) is 3. The fourth-order valence-electron chi connectivity index (χ4n) is 3.87. The van der Waals surface area contributed by atoms with Crippen LogP contribution in [0, 0.1) is 11.3 Å². The van der Waals surface area contributed by atoms with Crippen LogP contribution in [0.1, 0.15) is 19.3 Å². The summed E-state index contributed by atoms with van der Waals surface area (Å²) in [6.07, 6.45) is 1.81. The lowest BCUT2D eigenvalue weighted by Crippen LogP contribution is -2.60. The van der Waals surface area contributed by atoms with E-state index in [0.29, 0.717) is 13.1 Å². The third-order valence-electron chi connectivity index (χ3n) is 5.61. The molecule has 1 saturated heterocycles. The number of guanidine groups is 1. The zero-order valence-electron chi connectivity index (χ0n) is 17.5. The number of carbonyl (C=O) groups excluding carboxylic acids is 1. The second kappa shape index (κ2) is 11.2. The van der Waals surface area contributed by atoms with Gasteiger partial charge in [0.05, 0.1) is 4.90 Å². The zero-order valence-corrected chi connectivity index (χ0v) is 19.9. The molecule has 1 aliphatic heterocycles. The van der Waals surface area contributed by atoms with Crippen LogP contribution in [0.15, 0.2) is 47.4 Å². The van der Waals surface area contributed by atoms with Crippen LogP contribution in [0.3, 0.4) is 0 Å². The summed E-state index contributed by atoms with van der Waals surface area (Å²) in [5.74, 6) is -0.826. The normalized spacial score (nSPS) is 18.2.